The van der Waals surface area contributed by atoms with Crippen LogP contribution in [0.2, 0.25) is 0 Å². The van der Waals surface area contributed by atoms with Gasteiger partial charge < -0.3 is 36.3 Å². The number of aliphatic hydroxyl groups excluding tert-OH is 2. The molecule has 210 valence electrons. The van der Waals surface area contributed by atoms with Gasteiger partial charge in [-0.05, 0) is 24.5 Å². The van der Waals surface area contributed by atoms with Crippen LogP contribution in [-0.4, -0.2) is 85.6 Å². The van der Waals surface area contributed by atoms with Crippen LogP contribution in [-0.2, 0) is 26.3 Å². The monoisotopic (exact) mass is 528 g/mol. The lowest BCUT2D eigenvalue weighted by Crippen LogP contribution is -2.10. The number of unbranched alkanes of at least 4 members (excludes halogenated alkanes) is 6. The number of aromatic hydroxyl groups is 1. The Bertz CT molecular complexity index is 609. The summed E-state index contributed by atoms with van der Waals surface area (Å²) in [4.78, 5) is 0. The molecular weight excluding hydrogens is 480 g/mol. The van der Waals surface area contributed by atoms with E-state index in [0.717, 1.165) is 12.0 Å². The van der Waals surface area contributed by atoms with Gasteiger partial charge in [-0.15, -0.1) is 0 Å². The molecule has 11 nitrogen and oxygen atoms in total. The van der Waals surface area contributed by atoms with Crippen molar-refractivity contribution in [3.63, 3.8) is 0 Å². The summed E-state index contributed by atoms with van der Waals surface area (Å²) < 4.78 is 41.1. The first-order valence-electron chi connectivity index (χ1n) is 11.9. The van der Waals surface area contributed by atoms with Crippen LogP contribution in [0.3, 0.4) is 0 Å². The van der Waals surface area contributed by atoms with Crippen molar-refractivity contribution in [1.82, 2.24) is 0 Å². The van der Waals surface area contributed by atoms with E-state index >= 15 is 0 Å². The third-order valence-electron chi connectivity index (χ3n) is 4.04. The lowest BCUT2D eigenvalue weighted by atomic mass is 10.0. The van der Waals surface area contributed by atoms with Gasteiger partial charge in [0.15, 0.2) is 0 Å². The molecule has 1 rings (SSSR count). The maximum absolute atomic E-state index is 9.58. The molecule has 0 aliphatic carbocycles. The zero-order valence-electron chi connectivity index (χ0n) is 21.1. The maximum Gasteiger partial charge on any atom is 0.394 e. The van der Waals surface area contributed by atoms with Gasteiger partial charge in [-0.25, -0.2) is 0 Å². The topological polar surface area (TPSA) is 206 Å². The van der Waals surface area contributed by atoms with Gasteiger partial charge in [0, 0.05) is 13.1 Å². The molecule has 0 spiro atoms. The molecule has 0 saturated carbocycles. The van der Waals surface area contributed by atoms with Crippen molar-refractivity contribution in [3.8, 4) is 5.75 Å². The average molecular weight is 529 g/mol. The summed E-state index contributed by atoms with van der Waals surface area (Å²) in [6, 6.07) is 7.67. The summed E-state index contributed by atoms with van der Waals surface area (Å²) in [5, 5.41) is 25.8. The molecule has 0 atom stereocenters. The normalized spacial score (nSPS) is 10.3. The molecule has 0 aromatic heterocycles. The SMILES string of the molecule is CCCCCCCCCc1ccccc1O.NCCOCCO.NCCOCCO.O=S(=O)(O)O. The Labute approximate surface area is 211 Å². The van der Waals surface area contributed by atoms with E-state index < -0.39 is 10.4 Å². The van der Waals surface area contributed by atoms with Crippen LogP contribution in [0.15, 0.2) is 24.3 Å². The second-order valence-corrected chi connectivity index (χ2v) is 8.09. The molecular formula is C23H48N2O9S. The van der Waals surface area contributed by atoms with Gasteiger partial charge in [0.1, 0.15) is 5.75 Å². The molecule has 12 heteroatoms. The average Bonchev–Trinajstić information content (AvgIpc) is 2.80. The summed E-state index contributed by atoms with van der Waals surface area (Å²) in [5.74, 6) is 0.452. The molecule has 1 aromatic carbocycles. The summed E-state index contributed by atoms with van der Waals surface area (Å²) in [6.45, 7) is 5.35. The first-order valence-corrected chi connectivity index (χ1v) is 13.3. The minimum atomic E-state index is -4.67. The summed E-state index contributed by atoms with van der Waals surface area (Å²) in [5.41, 5.74) is 11.2. The molecule has 0 unspecified atom stereocenters. The number of hydrogen-bond donors (Lipinski definition) is 7. The second kappa shape index (κ2) is 30.7. The van der Waals surface area contributed by atoms with Crippen molar-refractivity contribution in [2.45, 2.75) is 58.3 Å². The Morgan fingerprint density at radius 3 is 1.60 bits per heavy atom. The number of phenols is 1. The zero-order chi connectivity index (χ0) is 27.2. The van der Waals surface area contributed by atoms with Crippen molar-refractivity contribution in [2.24, 2.45) is 11.5 Å². The quantitative estimate of drug-likeness (QED) is 0.122. The van der Waals surface area contributed by atoms with Crippen molar-refractivity contribution in [1.29, 1.82) is 0 Å². The van der Waals surface area contributed by atoms with Crippen LogP contribution in [0, 0.1) is 0 Å². The molecule has 0 saturated heterocycles. The predicted molar refractivity (Wildman–Crippen MR) is 138 cm³/mol. The fourth-order valence-corrected chi connectivity index (χ4v) is 2.49. The minimum absolute atomic E-state index is 0.0833. The van der Waals surface area contributed by atoms with Gasteiger partial charge >= 0.3 is 10.4 Å². The predicted octanol–water partition coefficient (Wildman–Crippen LogP) is 1.94. The molecule has 0 fully saturated rings. The highest BCUT2D eigenvalue weighted by atomic mass is 32.3. The standard InChI is InChI=1S/C15H24O.2C4H11NO2.H2O4S/c1-2-3-4-5-6-7-8-11-14-12-9-10-13-15(14)16;2*5-1-3-7-4-2-6;1-5(2,3)4/h9-10,12-13,16H,2-8,11H2,1H3;2*6H,1-5H2;(H2,1,2,3,4). The number of aryl methyl sites for hydroxylation is 1. The molecule has 1 aromatic rings. The Morgan fingerprint density at radius 1 is 0.771 bits per heavy atom. The van der Waals surface area contributed by atoms with Crippen molar-refractivity contribution >= 4 is 10.4 Å². The third kappa shape index (κ3) is 43.2. The van der Waals surface area contributed by atoms with Crippen LogP contribution in [0.4, 0.5) is 0 Å². The van der Waals surface area contributed by atoms with Gasteiger partial charge in [-0.1, -0.05) is 63.6 Å². The summed E-state index contributed by atoms with van der Waals surface area (Å²) >= 11 is 0. The number of phenolic OH excluding ortho intramolecular Hbond substituents is 1. The van der Waals surface area contributed by atoms with Gasteiger partial charge in [0.2, 0.25) is 0 Å². The number of rotatable bonds is 16. The lowest BCUT2D eigenvalue weighted by molar-refractivity contribution is 0.0976. The Hall–Kier alpha value is -1.35. The molecule has 0 amide bonds. The zero-order valence-corrected chi connectivity index (χ0v) is 21.9. The molecule has 0 bridgehead atoms. The van der Waals surface area contributed by atoms with Crippen molar-refractivity contribution in [2.75, 3.05) is 52.7 Å². The van der Waals surface area contributed by atoms with E-state index in [1.165, 1.54) is 44.9 Å². The first-order chi connectivity index (χ1) is 16.7. The van der Waals surface area contributed by atoms with Gasteiger partial charge in [-0.2, -0.15) is 8.42 Å². The molecule has 9 N–H and O–H groups in total. The molecule has 35 heavy (non-hydrogen) atoms. The number of aliphatic hydroxyl groups is 2. The largest absolute Gasteiger partial charge is 0.508 e. The van der Waals surface area contributed by atoms with Crippen LogP contribution >= 0.6 is 0 Å². The molecule has 0 aliphatic heterocycles. The maximum atomic E-state index is 9.58. The van der Waals surface area contributed by atoms with Crippen LogP contribution in [0.5, 0.6) is 5.75 Å². The lowest BCUT2D eigenvalue weighted by Gasteiger charge is -2.04. The van der Waals surface area contributed by atoms with Gasteiger partial charge in [0.05, 0.1) is 39.6 Å². The second-order valence-electron chi connectivity index (χ2n) is 7.20. The van der Waals surface area contributed by atoms with Crippen molar-refractivity contribution in [3.05, 3.63) is 29.8 Å². The third-order valence-corrected chi connectivity index (χ3v) is 4.04. The van der Waals surface area contributed by atoms with Gasteiger partial charge in [0.25, 0.3) is 0 Å². The Balaban J connectivity index is -0.000000449. The molecule has 0 radical (unpaired) electrons. The first kappa shape index (κ1) is 38.2. The fraction of sp³-hybridized carbons (Fsp3) is 0.739. The van der Waals surface area contributed by atoms with E-state index in [1.807, 2.05) is 18.2 Å². The van der Waals surface area contributed by atoms with E-state index in [2.05, 4.69) is 6.92 Å². The number of nitrogens with two attached hydrogens (primary N) is 2. The number of para-hydroxylation sites is 1. The van der Waals surface area contributed by atoms with E-state index in [9.17, 15) is 5.11 Å². The molecule has 0 aliphatic rings. The Kier molecular flexibility index (Phi) is 33.5. The van der Waals surface area contributed by atoms with E-state index in [1.54, 1.807) is 6.07 Å². The number of hydrogen-bond acceptors (Lipinski definition) is 9. The number of benzene rings is 1. The van der Waals surface area contributed by atoms with Crippen molar-refractivity contribution < 1.29 is 42.3 Å². The molecule has 0 heterocycles. The van der Waals surface area contributed by atoms with Crippen LogP contribution in [0.25, 0.3) is 0 Å². The number of ether oxygens (including phenoxy) is 2. The van der Waals surface area contributed by atoms with E-state index in [0.29, 0.717) is 45.3 Å². The highest BCUT2D eigenvalue weighted by Gasteiger charge is 1.98. The smallest absolute Gasteiger partial charge is 0.394 e. The highest BCUT2D eigenvalue weighted by Crippen LogP contribution is 2.18. The summed E-state index contributed by atoms with van der Waals surface area (Å²) in [7, 11) is -4.67. The summed E-state index contributed by atoms with van der Waals surface area (Å²) in [6.07, 6.45) is 10.3. The van der Waals surface area contributed by atoms with E-state index in [4.69, 9.17) is 48.7 Å². The minimum Gasteiger partial charge on any atom is -0.508 e. The van der Waals surface area contributed by atoms with Gasteiger partial charge in [-0.3, -0.25) is 9.11 Å². The van der Waals surface area contributed by atoms with Crippen LogP contribution < -0.4 is 11.5 Å². The van der Waals surface area contributed by atoms with E-state index in [-0.39, 0.29) is 13.2 Å². The highest BCUT2D eigenvalue weighted by molar-refractivity contribution is 7.79. The van der Waals surface area contributed by atoms with Crippen LogP contribution in [0.1, 0.15) is 57.4 Å². The fourth-order valence-electron chi connectivity index (χ4n) is 2.49. The Morgan fingerprint density at radius 2 is 1.20 bits per heavy atom.